The van der Waals surface area contributed by atoms with Crippen LogP contribution in [0.3, 0.4) is 0 Å². The van der Waals surface area contributed by atoms with Crippen molar-refractivity contribution >= 4 is 29.3 Å². The summed E-state index contributed by atoms with van der Waals surface area (Å²) in [6, 6.07) is 5.42. The Morgan fingerprint density at radius 1 is 1.39 bits per heavy atom. The van der Waals surface area contributed by atoms with E-state index in [0.717, 1.165) is 5.75 Å². The standard InChI is InChI=1S/C12H16N2O3S/c1-18-7-6-10(13)11(15)14-9-4-2-8(3-5-9)12(16)17/h2-5,10H,6-7,13H2,1H3,(H,14,15)(H,16,17)/t10-/m0/s1. The van der Waals surface area contributed by atoms with Gasteiger partial charge in [-0.3, -0.25) is 4.79 Å². The van der Waals surface area contributed by atoms with Crippen LogP contribution in [-0.4, -0.2) is 35.0 Å². The number of rotatable bonds is 6. The van der Waals surface area contributed by atoms with Crippen LogP contribution in [0.4, 0.5) is 5.69 Å². The number of benzene rings is 1. The molecule has 4 N–H and O–H groups in total. The molecule has 1 amide bonds. The van der Waals surface area contributed by atoms with Gasteiger partial charge in [0.05, 0.1) is 11.6 Å². The molecule has 1 rings (SSSR count). The summed E-state index contributed by atoms with van der Waals surface area (Å²) in [5.74, 6) is -0.427. The smallest absolute Gasteiger partial charge is 0.335 e. The van der Waals surface area contributed by atoms with Crippen LogP contribution < -0.4 is 11.1 Å². The van der Waals surface area contributed by atoms with Crippen molar-refractivity contribution in [1.82, 2.24) is 0 Å². The Kier molecular flexibility index (Phi) is 5.67. The van der Waals surface area contributed by atoms with E-state index < -0.39 is 12.0 Å². The maximum atomic E-state index is 11.7. The second-order valence-electron chi connectivity index (χ2n) is 3.76. The van der Waals surface area contributed by atoms with Gasteiger partial charge in [-0.1, -0.05) is 0 Å². The van der Waals surface area contributed by atoms with Gasteiger partial charge in [-0.25, -0.2) is 4.79 Å². The van der Waals surface area contributed by atoms with Crippen molar-refractivity contribution in [1.29, 1.82) is 0 Å². The third kappa shape index (κ3) is 4.38. The van der Waals surface area contributed by atoms with Gasteiger partial charge in [-0.15, -0.1) is 0 Å². The fourth-order valence-corrected chi connectivity index (χ4v) is 1.80. The van der Waals surface area contributed by atoms with Crippen molar-refractivity contribution in [3.63, 3.8) is 0 Å². The second-order valence-corrected chi connectivity index (χ2v) is 4.75. The van der Waals surface area contributed by atoms with Crippen molar-refractivity contribution in [2.45, 2.75) is 12.5 Å². The second kappa shape index (κ2) is 7.03. The molecule has 1 aromatic rings. The van der Waals surface area contributed by atoms with E-state index in [1.165, 1.54) is 12.1 Å². The van der Waals surface area contributed by atoms with E-state index in [2.05, 4.69) is 5.32 Å². The third-order valence-corrected chi connectivity index (χ3v) is 3.01. The average molecular weight is 268 g/mol. The highest BCUT2D eigenvalue weighted by molar-refractivity contribution is 7.98. The monoisotopic (exact) mass is 268 g/mol. The SMILES string of the molecule is CSCC[C@H](N)C(=O)Nc1ccc(C(=O)O)cc1. The number of nitrogens with two attached hydrogens (primary N) is 1. The maximum absolute atomic E-state index is 11.7. The summed E-state index contributed by atoms with van der Waals surface area (Å²) in [4.78, 5) is 22.3. The summed E-state index contributed by atoms with van der Waals surface area (Å²) in [5.41, 5.74) is 6.44. The minimum absolute atomic E-state index is 0.180. The molecule has 6 heteroatoms. The van der Waals surface area contributed by atoms with Crippen LogP contribution in [0.1, 0.15) is 16.8 Å². The number of hydrogen-bond donors (Lipinski definition) is 3. The van der Waals surface area contributed by atoms with Crippen LogP contribution in [0.5, 0.6) is 0 Å². The number of carbonyl (C=O) groups is 2. The number of anilines is 1. The Balaban J connectivity index is 2.56. The summed E-state index contributed by atoms with van der Waals surface area (Å²) in [5, 5.41) is 11.4. The van der Waals surface area contributed by atoms with Gasteiger partial charge in [0.1, 0.15) is 0 Å². The molecule has 0 fully saturated rings. The number of carboxylic acid groups (broad SMARTS) is 1. The largest absolute Gasteiger partial charge is 0.478 e. The minimum atomic E-state index is -0.996. The number of carbonyl (C=O) groups excluding carboxylic acids is 1. The first kappa shape index (κ1) is 14.5. The Labute approximate surface area is 110 Å². The van der Waals surface area contributed by atoms with E-state index in [9.17, 15) is 9.59 Å². The van der Waals surface area contributed by atoms with Gasteiger partial charge in [0, 0.05) is 5.69 Å². The van der Waals surface area contributed by atoms with Gasteiger partial charge < -0.3 is 16.2 Å². The summed E-state index contributed by atoms with van der Waals surface area (Å²) in [7, 11) is 0. The van der Waals surface area contributed by atoms with E-state index in [1.807, 2.05) is 6.26 Å². The molecule has 98 valence electrons. The highest BCUT2D eigenvalue weighted by atomic mass is 32.2. The van der Waals surface area contributed by atoms with Crippen LogP contribution in [-0.2, 0) is 4.79 Å². The van der Waals surface area contributed by atoms with Crippen LogP contribution in [0, 0.1) is 0 Å². The lowest BCUT2D eigenvalue weighted by atomic mass is 10.2. The molecule has 0 aliphatic heterocycles. The van der Waals surface area contributed by atoms with E-state index in [0.29, 0.717) is 12.1 Å². The topological polar surface area (TPSA) is 92.4 Å². The Bertz CT molecular complexity index is 420. The van der Waals surface area contributed by atoms with Gasteiger partial charge in [-0.05, 0) is 42.7 Å². The fraction of sp³-hybridized carbons (Fsp3) is 0.333. The van der Waals surface area contributed by atoms with E-state index in [1.54, 1.807) is 23.9 Å². The normalized spacial score (nSPS) is 11.9. The zero-order valence-corrected chi connectivity index (χ0v) is 10.9. The quantitative estimate of drug-likeness (QED) is 0.725. The van der Waals surface area contributed by atoms with Crippen molar-refractivity contribution in [2.75, 3.05) is 17.3 Å². The van der Waals surface area contributed by atoms with Crippen LogP contribution in [0.15, 0.2) is 24.3 Å². The molecule has 0 unspecified atom stereocenters. The highest BCUT2D eigenvalue weighted by Gasteiger charge is 2.13. The van der Waals surface area contributed by atoms with Gasteiger partial charge in [-0.2, -0.15) is 11.8 Å². The lowest BCUT2D eigenvalue weighted by Gasteiger charge is -2.11. The highest BCUT2D eigenvalue weighted by Crippen LogP contribution is 2.10. The van der Waals surface area contributed by atoms with Crippen molar-refractivity contribution in [3.05, 3.63) is 29.8 Å². The molecular formula is C12H16N2O3S. The van der Waals surface area contributed by atoms with E-state index in [4.69, 9.17) is 10.8 Å². The first-order valence-electron chi connectivity index (χ1n) is 5.43. The fourth-order valence-electron chi connectivity index (χ4n) is 1.31. The first-order chi connectivity index (χ1) is 8.54. The molecule has 0 aromatic heterocycles. The summed E-state index contributed by atoms with van der Waals surface area (Å²) >= 11 is 1.63. The summed E-state index contributed by atoms with van der Waals surface area (Å²) in [6.45, 7) is 0. The number of nitrogens with one attached hydrogen (secondary N) is 1. The molecule has 0 saturated heterocycles. The van der Waals surface area contributed by atoms with Crippen molar-refractivity contribution < 1.29 is 14.7 Å². The number of amides is 1. The molecule has 0 aliphatic carbocycles. The minimum Gasteiger partial charge on any atom is -0.478 e. The Morgan fingerprint density at radius 3 is 2.50 bits per heavy atom. The molecule has 0 heterocycles. The number of carboxylic acids is 1. The van der Waals surface area contributed by atoms with Gasteiger partial charge in [0.25, 0.3) is 0 Å². The Morgan fingerprint density at radius 2 is 2.00 bits per heavy atom. The zero-order chi connectivity index (χ0) is 13.5. The molecular weight excluding hydrogens is 252 g/mol. The van der Waals surface area contributed by atoms with E-state index >= 15 is 0 Å². The molecule has 0 aliphatic rings. The number of thioether (sulfide) groups is 1. The lowest BCUT2D eigenvalue weighted by Crippen LogP contribution is -2.36. The van der Waals surface area contributed by atoms with Crippen molar-refractivity contribution in [2.24, 2.45) is 5.73 Å². The molecule has 18 heavy (non-hydrogen) atoms. The van der Waals surface area contributed by atoms with E-state index in [-0.39, 0.29) is 11.5 Å². The molecule has 5 nitrogen and oxygen atoms in total. The van der Waals surface area contributed by atoms with Crippen LogP contribution in [0.2, 0.25) is 0 Å². The van der Waals surface area contributed by atoms with Crippen LogP contribution in [0.25, 0.3) is 0 Å². The summed E-state index contributed by atoms with van der Waals surface area (Å²) < 4.78 is 0. The maximum Gasteiger partial charge on any atom is 0.335 e. The molecule has 0 radical (unpaired) electrons. The molecule has 0 spiro atoms. The van der Waals surface area contributed by atoms with Gasteiger partial charge >= 0.3 is 5.97 Å². The Hall–Kier alpha value is -1.53. The number of aromatic carboxylic acids is 1. The molecule has 1 atom stereocenters. The summed E-state index contributed by atoms with van der Waals surface area (Å²) in [6.07, 6.45) is 2.56. The van der Waals surface area contributed by atoms with Crippen molar-refractivity contribution in [3.8, 4) is 0 Å². The molecule has 0 bridgehead atoms. The van der Waals surface area contributed by atoms with Gasteiger partial charge in [0.2, 0.25) is 5.91 Å². The van der Waals surface area contributed by atoms with Gasteiger partial charge in [0.15, 0.2) is 0 Å². The average Bonchev–Trinajstić information content (AvgIpc) is 2.36. The van der Waals surface area contributed by atoms with Crippen LogP contribution >= 0.6 is 11.8 Å². The first-order valence-corrected chi connectivity index (χ1v) is 6.82. The number of hydrogen-bond acceptors (Lipinski definition) is 4. The predicted octanol–water partition coefficient (Wildman–Crippen LogP) is 1.40. The lowest BCUT2D eigenvalue weighted by molar-refractivity contribution is -0.117. The molecule has 1 aromatic carbocycles. The zero-order valence-electron chi connectivity index (χ0n) is 10.1. The predicted molar refractivity (Wildman–Crippen MR) is 73.0 cm³/mol. The third-order valence-electron chi connectivity index (χ3n) is 2.37. The molecule has 0 saturated carbocycles.